The second-order valence-electron chi connectivity index (χ2n) is 6.95. The van der Waals surface area contributed by atoms with E-state index < -0.39 is 10.0 Å². The number of hydrogen-bond donors (Lipinski definition) is 0. The van der Waals surface area contributed by atoms with Crippen LogP contribution in [0.15, 0.2) is 18.2 Å². The molecular formula is C17H24N2O3S. The lowest BCUT2D eigenvalue weighted by molar-refractivity contribution is 0.0683. The summed E-state index contributed by atoms with van der Waals surface area (Å²) in [6.07, 6.45) is 4.11. The summed E-state index contributed by atoms with van der Waals surface area (Å²) >= 11 is 0. The van der Waals surface area contributed by atoms with Gasteiger partial charge in [0.1, 0.15) is 0 Å². The second kappa shape index (κ2) is 5.82. The van der Waals surface area contributed by atoms with Crippen LogP contribution in [0.5, 0.6) is 0 Å². The Morgan fingerprint density at radius 2 is 2.00 bits per heavy atom. The molecule has 0 bridgehead atoms. The van der Waals surface area contributed by atoms with Crippen LogP contribution in [-0.4, -0.2) is 44.6 Å². The van der Waals surface area contributed by atoms with E-state index in [0.717, 1.165) is 25.1 Å². The molecule has 0 aliphatic carbocycles. The molecule has 0 N–H and O–H groups in total. The number of carbonyl (C=O) groups excluding carboxylic acids is 1. The van der Waals surface area contributed by atoms with E-state index in [0.29, 0.717) is 23.6 Å². The van der Waals surface area contributed by atoms with Gasteiger partial charge in [-0.15, -0.1) is 0 Å². The van der Waals surface area contributed by atoms with E-state index in [1.807, 2.05) is 17.9 Å². The van der Waals surface area contributed by atoms with E-state index >= 15 is 0 Å². The van der Waals surface area contributed by atoms with Gasteiger partial charge in [0.05, 0.1) is 11.9 Å². The first-order valence-corrected chi connectivity index (χ1v) is 10.0. The van der Waals surface area contributed by atoms with E-state index in [-0.39, 0.29) is 11.9 Å². The van der Waals surface area contributed by atoms with Crippen molar-refractivity contribution in [3.8, 4) is 0 Å². The van der Waals surface area contributed by atoms with Crippen LogP contribution in [-0.2, 0) is 16.4 Å². The van der Waals surface area contributed by atoms with Crippen molar-refractivity contribution in [2.24, 2.45) is 5.92 Å². The first-order chi connectivity index (χ1) is 10.8. The standard InChI is InChI=1S/C17H24N2O3S/c1-12-5-4-8-18(11-12)17(20)14-6-7-16-15(10-14)9-13(2)19(16)23(3,21)22/h6-7,10,12-13H,4-5,8-9,11H2,1-3H3/t12-,13-/m0/s1. The van der Waals surface area contributed by atoms with Crippen LogP contribution in [0, 0.1) is 5.92 Å². The fourth-order valence-corrected chi connectivity index (χ4v) is 5.06. The van der Waals surface area contributed by atoms with E-state index in [4.69, 9.17) is 0 Å². The number of rotatable bonds is 2. The van der Waals surface area contributed by atoms with Crippen molar-refractivity contribution >= 4 is 21.6 Å². The number of piperidine rings is 1. The first-order valence-electron chi connectivity index (χ1n) is 8.19. The largest absolute Gasteiger partial charge is 0.338 e. The van der Waals surface area contributed by atoms with E-state index in [9.17, 15) is 13.2 Å². The Hall–Kier alpha value is -1.56. The molecule has 5 nitrogen and oxygen atoms in total. The normalized spacial score (nSPS) is 24.7. The number of sulfonamides is 1. The molecule has 1 aromatic carbocycles. The quantitative estimate of drug-likeness (QED) is 0.832. The van der Waals surface area contributed by atoms with Crippen molar-refractivity contribution in [2.45, 2.75) is 39.2 Å². The second-order valence-corrected chi connectivity index (χ2v) is 8.81. The molecule has 0 aromatic heterocycles. The van der Waals surface area contributed by atoms with Crippen LogP contribution in [0.2, 0.25) is 0 Å². The van der Waals surface area contributed by atoms with Crippen molar-refractivity contribution in [1.29, 1.82) is 0 Å². The zero-order valence-corrected chi connectivity index (χ0v) is 14.8. The highest BCUT2D eigenvalue weighted by Crippen LogP contribution is 2.35. The molecule has 1 amide bonds. The van der Waals surface area contributed by atoms with E-state index in [2.05, 4.69) is 6.92 Å². The van der Waals surface area contributed by atoms with Gasteiger partial charge in [-0.1, -0.05) is 6.92 Å². The SMILES string of the molecule is C[C@H]1CCCN(C(=O)c2ccc3c(c2)C[C@H](C)N3S(C)(=O)=O)C1. The molecule has 1 fully saturated rings. The minimum Gasteiger partial charge on any atom is -0.338 e. The van der Waals surface area contributed by atoms with Crippen LogP contribution in [0.4, 0.5) is 5.69 Å². The van der Waals surface area contributed by atoms with Crippen LogP contribution >= 0.6 is 0 Å². The molecule has 6 heteroatoms. The third-order valence-corrected chi connectivity index (χ3v) is 6.05. The van der Waals surface area contributed by atoms with E-state index in [1.165, 1.54) is 17.0 Å². The van der Waals surface area contributed by atoms with Crippen molar-refractivity contribution < 1.29 is 13.2 Å². The Morgan fingerprint density at radius 1 is 1.26 bits per heavy atom. The third-order valence-electron chi connectivity index (χ3n) is 4.78. The molecule has 126 valence electrons. The summed E-state index contributed by atoms with van der Waals surface area (Å²) < 4.78 is 25.4. The summed E-state index contributed by atoms with van der Waals surface area (Å²) in [6, 6.07) is 5.32. The minimum atomic E-state index is -3.29. The van der Waals surface area contributed by atoms with Gasteiger partial charge in [0, 0.05) is 24.7 Å². The maximum Gasteiger partial charge on any atom is 0.253 e. The summed E-state index contributed by atoms with van der Waals surface area (Å²) in [4.78, 5) is 14.6. The Morgan fingerprint density at radius 3 is 2.65 bits per heavy atom. The van der Waals surface area contributed by atoms with Gasteiger partial charge in [0.2, 0.25) is 10.0 Å². The summed E-state index contributed by atoms with van der Waals surface area (Å²) in [5.74, 6) is 0.604. The van der Waals surface area contributed by atoms with Crippen LogP contribution in [0.25, 0.3) is 0 Å². The Labute approximate surface area is 138 Å². The average Bonchev–Trinajstić information content (AvgIpc) is 2.81. The summed E-state index contributed by atoms with van der Waals surface area (Å²) in [5, 5.41) is 0. The average molecular weight is 336 g/mol. The molecule has 2 aliphatic heterocycles. The molecule has 0 radical (unpaired) electrons. The molecule has 0 spiro atoms. The molecule has 23 heavy (non-hydrogen) atoms. The highest BCUT2D eigenvalue weighted by atomic mass is 32.2. The lowest BCUT2D eigenvalue weighted by atomic mass is 9.99. The molecule has 0 unspecified atom stereocenters. The maximum absolute atomic E-state index is 12.7. The zero-order chi connectivity index (χ0) is 16.8. The summed E-state index contributed by atoms with van der Waals surface area (Å²) in [6.45, 7) is 5.69. The van der Waals surface area contributed by atoms with Crippen molar-refractivity contribution in [2.75, 3.05) is 23.7 Å². The molecular weight excluding hydrogens is 312 g/mol. The monoisotopic (exact) mass is 336 g/mol. The summed E-state index contributed by atoms with van der Waals surface area (Å²) in [7, 11) is -3.29. The van der Waals surface area contributed by atoms with Gasteiger partial charge >= 0.3 is 0 Å². The molecule has 2 aliphatic rings. The topological polar surface area (TPSA) is 57.7 Å². The van der Waals surface area contributed by atoms with Gasteiger partial charge in [-0.25, -0.2) is 8.42 Å². The smallest absolute Gasteiger partial charge is 0.253 e. The van der Waals surface area contributed by atoms with Gasteiger partial charge in [-0.05, 0) is 55.9 Å². The van der Waals surface area contributed by atoms with E-state index in [1.54, 1.807) is 12.1 Å². The van der Waals surface area contributed by atoms with Crippen LogP contribution in [0.1, 0.15) is 42.6 Å². The third kappa shape index (κ3) is 3.09. The molecule has 1 saturated heterocycles. The highest BCUT2D eigenvalue weighted by molar-refractivity contribution is 7.92. The number of nitrogens with zero attached hydrogens (tertiary/aromatic N) is 2. The Kier molecular flexibility index (Phi) is 4.12. The lowest BCUT2D eigenvalue weighted by Crippen LogP contribution is -2.39. The lowest BCUT2D eigenvalue weighted by Gasteiger charge is -2.31. The number of anilines is 1. The fourth-order valence-electron chi connectivity index (χ4n) is 3.80. The van der Waals surface area contributed by atoms with Crippen molar-refractivity contribution in [3.63, 3.8) is 0 Å². The van der Waals surface area contributed by atoms with Gasteiger partial charge < -0.3 is 4.90 Å². The van der Waals surface area contributed by atoms with Crippen LogP contribution in [0.3, 0.4) is 0 Å². The highest BCUT2D eigenvalue weighted by Gasteiger charge is 2.33. The molecule has 0 saturated carbocycles. The number of carbonyl (C=O) groups is 1. The number of hydrogen-bond acceptors (Lipinski definition) is 3. The number of fused-ring (bicyclic) bond motifs is 1. The molecule has 2 heterocycles. The predicted molar refractivity (Wildman–Crippen MR) is 91.2 cm³/mol. The molecule has 3 rings (SSSR count). The predicted octanol–water partition coefficient (Wildman–Crippen LogP) is 2.27. The zero-order valence-electron chi connectivity index (χ0n) is 13.9. The van der Waals surface area contributed by atoms with Gasteiger partial charge in [0.15, 0.2) is 0 Å². The minimum absolute atomic E-state index is 0.0600. The molecule has 2 atom stereocenters. The van der Waals surface area contributed by atoms with Crippen LogP contribution < -0.4 is 4.31 Å². The number of benzene rings is 1. The van der Waals surface area contributed by atoms with Gasteiger partial charge in [0.25, 0.3) is 5.91 Å². The first kappa shape index (κ1) is 16.3. The van der Waals surface area contributed by atoms with Crippen molar-refractivity contribution in [3.05, 3.63) is 29.3 Å². The Bertz CT molecular complexity index is 729. The fraction of sp³-hybridized carbons (Fsp3) is 0.588. The van der Waals surface area contributed by atoms with Gasteiger partial charge in [-0.2, -0.15) is 0 Å². The van der Waals surface area contributed by atoms with Crippen molar-refractivity contribution in [1.82, 2.24) is 4.90 Å². The van der Waals surface area contributed by atoms with Gasteiger partial charge in [-0.3, -0.25) is 9.10 Å². The number of likely N-dealkylation sites (tertiary alicyclic amines) is 1. The Balaban J connectivity index is 1.88. The summed E-state index contributed by atoms with van der Waals surface area (Å²) in [5.41, 5.74) is 2.32. The molecule has 1 aromatic rings. The number of amides is 1. The maximum atomic E-state index is 12.7.